The maximum absolute atomic E-state index is 12.8. The molecule has 234 valence electrons. The number of benzene rings is 1. The summed E-state index contributed by atoms with van der Waals surface area (Å²) in [4.78, 5) is 22.6. The molecule has 0 radical (unpaired) electrons. The summed E-state index contributed by atoms with van der Waals surface area (Å²) < 4.78 is 6.19. The summed E-state index contributed by atoms with van der Waals surface area (Å²) in [5, 5.41) is 17.3. The van der Waals surface area contributed by atoms with Crippen molar-refractivity contribution in [1.29, 1.82) is 0 Å². The molecule has 7 nitrogen and oxygen atoms in total. The number of anilines is 1. The van der Waals surface area contributed by atoms with E-state index in [1.165, 1.54) is 18.4 Å². The number of phenolic OH excluding ortho intramolecular Hbond substituents is 1. The number of hydrogen-bond acceptors (Lipinski definition) is 6. The van der Waals surface area contributed by atoms with Crippen LogP contribution < -0.4 is 10.6 Å². The Kier molecular flexibility index (Phi) is 12.2. The Morgan fingerprint density at radius 1 is 1.14 bits per heavy atom. The molecule has 43 heavy (non-hydrogen) atoms. The highest BCUT2D eigenvalue weighted by Crippen LogP contribution is 2.35. The Morgan fingerprint density at radius 2 is 1.95 bits per heavy atom. The molecule has 1 saturated carbocycles. The molecule has 1 fully saturated rings. The maximum Gasteiger partial charge on any atom is 0.246 e. The third-order valence-corrected chi connectivity index (χ3v) is 9.14. The molecular formula is C36H52N4O3. The van der Waals surface area contributed by atoms with Crippen LogP contribution in [0.3, 0.4) is 0 Å². The van der Waals surface area contributed by atoms with Crippen molar-refractivity contribution < 1.29 is 14.6 Å². The zero-order valence-electron chi connectivity index (χ0n) is 26.9. The normalized spacial score (nSPS) is 22.2. The van der Waals surface area contributed by atoms with Crippen molar-refractivity contribution in [2.75, 3.05) is 18.5 Å². The van der Waals surface area contributed by atoms with Crippen LogP contribution in [-0.4, -0.2) is 46.3 Å². The molecule has 7 heteroatoms. The van der Waals surface area contributed by atoms with Crippen molar-refractivity contribution >= 4 is 17.8 Å². The Labute approximate surface area is 258 Å². The van der Waals surface area contributed by atoms with Gasteiger partial charge in [0.2, 0.25) is 5.91 Å². The minimum atomic E-state index is -0.0188. The average molecular weight is 589 g/mol. The molecule has 0 saturated heterocycles. The van der Waals surface area contributed by atoms with Gasteiger partial charge in [-0.2, -0.15) is 0 Å². The van der Waals surface area contributed by atoms with Gasteiger partial charge in [0.05, 0.1) is 17.4 Å². The van der Waals surface area contributed by atoms with Crippen molar-refractivity contribution in [3.63, 3.8) is 0 Å². The van der Waals surface area contributed by atoms with Crippen molar-refractivity contribution in [3.8, 4) is 17.1 Å². The number of carbonyl (C=O) groups is 1. The quantitative estimate of drug-likeness (QED) is 0.164. The lowest BCUT2D eigenvalue weighted by Crippen LogP contribution is -2.40. The number of aromatic nitrogens is 2. The molecule has 2 aromatic rings. The number of phenols is 1. The second kappa shape index (κ2) is 16.0. The van der Waals surface area contributed by atoms with E-state index in [2.05, 4.69) is 63.5 Å². The number of allylic oxidation sites excluding steroid dienone is 3. The van der Waals surface area contributed by atoms with Crippen LogP contribution in [0.1, 0.15) is 97.2 Å². The molecule has 2 aliphatic rings. The summed E-state index contributed by atoms with van der Waals surface area (Å²) in [7, 11) is 0. The van der Waals surface area contributed by atoms with Crippen LogP contribution in [0.4, 0.5) is 5.82 Å². The number of para-hydroxylation sites is 1. The van der Waals surface area contributed by atoms with Crippen molar-refractivity contribution in [3.05, 3.63) is 53.2 Å². The molecule has 1 aromatic carbocycles. The molecule has 1 amide bonds. The average Bonchev–Trinajstić information content (AvgIpc) is 2.98. The van der Waals surface area contributed by atoms with Gasteiger partial charge < -0.3 is 20.5 Å². The molecule has 4 rings (SSSR count). The summed E-state index contributed by atoms with van der Waals surface area (Å²) in [6.45, 7) is 12.0. The minimum absolute atomic E-state index is 0.0188. The smallest absolute Gasteiger partial charge is 0.246 e. The summed E-state index contributed by atoms with van der Waals surface area (Å²) in [5.41, 5.74) is 3.96. The number of fused-ring (bicyclic) bond motifs is 1. The van der Waals surface area contributed by atoms with E-state index in [0.29, 0.717) is 35.7 Å². The van der Waals surface area contributed by atoms with Gasteiger partial charge in [-0.15, -0.1) is 0 Å². The molecule has 0 spiro atoms. The van der Waals surface area contributed by atoms with Crippen LogP contribution in [0, 0.1) is 17.8 Å². The molecule has 1 heterocycles. The van der Waals surface area contributed by atoms with E-state index < -0.39 is 0 Å². The molecule has 3 N–H and O–H groups in total. The van der Waals surface area contributed by atoms with Crippen molar-refractivity contribution in [1.82, 2.24) is 15.3 Å². The minimum Gasteiger partial charge on any atom is -0.507 e. The highest BCUT2D eigenvalue weighted by molar-refractivity contribution is 5.77. The highest BCUT2D eigenvalue weighted by atomic mass is 16.5. The first-order chi connectivity index (χ1) is 20.8. The highest BCUT2D eigenvalue weighted by Gasteiger charge is 2.31. The van der Waals surface area contributed by atoms with Gasteiger partial charge in [-0.3, -0.25) is 4.79 Å². The number of ether oxygens (including phenoxy) is 1. The summed E-state index contributed by atoms with van der Waals surface area (Å²) in [6.07, 6.45) is 15.5. The monoisotopic (exact) mass is 588 g/mol. The van der Waals surface area contributed by atoms with E-state index in [9.17, 15) is 9.90 Å². The summed E-state index contributed by atoms with van der Waals surface area (Å²) in [5.74, 6) is 3.21. The number of amides is 1. The number of carbonyl (C=O) groups excluding carboxylic acids is 1. The molecule has 4 atom stereocenters. The fraction of sp³-hybridized carbons (Fsp3) is 0.583. The van der Waals surface area contributed by atoms with Crippen LogP contribution in [0.25, 0.3) is 17.5 Å². The van der Waals surface area contributed by atoms with Crippen molar-refractivity contribution in [2.24, 2.45) is 17.8 Å². The van der Waals surface area contributed by atoms with E-state index in [1.807, 2.05) is 12.1 Å². The Hall–Kier alpha value is -3.19. The van der Waals surface area contributed by atoms with Crippen LogP contribution in [0.5, 0.6) is 5.75 Å². The number of hydrogen-bond donors (Lipinski definition) is 3. The van der Waals surface area contributed by atoms with Gasteiger partial charge in [0.15, 0.2) is 5.82 Å². The number of nitrogens with zero attached hydrogens (tertiary/aromatic N) is 2. The van der Waals surface area contributed by atoms with Gasteiger partial charge in [0, 0.05) is 24.6 Å². The van der Waals surface area contributed by atoms with Gasteiger partial charge in [0.1, 0.15) is 18.2 Å². The van der Waals surface area contributed by atoms with E-state index >= 15 is 0 Å². The van der Waals surface area contributed by atoms with Crippen LogP contribution in [0.15, 0.2) is 42.0 Å². The van der Waals surface area contributed by atoms with Gasteiger partial charge >= 0.3 is 0 Å². The zero-order chi connectivity index (χ0) is 30.8. The maximum atomic E-state index is 12.8. The van der Waals surface area contributed by atoms with Crippen molar-refractivity contribution in [2.45, 2.75) is 105 Å². The zero-order valence-corrected chi connectivity index (χ0v) is 26.9. The largest absolute Gasteiger partial charge is 0.507 e. The van der Waals surface area contributed by atoms with Crippen LogP contribution in [0.2, 0.25) is 0 Å². The lowest BCUT2D eigenvalue weighted by molar-refractivity contribution is -0.132. The Bertz CT molecular complexity index is 1270. The van der Waals surface area contributed by atoms with E-state index in [4.69, 9.17) is 14.7 Å². The summed E-state index contributed by atoms with van der Waals surface area (Å²) in [6, 6.07) is 7.31. The van der Waals surface area contributed by atoms with Gasteiger partial charge in [-0.05, 0) is 74.8 Å². The first-order valence-electron chi connectivity index (χ1n) is 16.5. The first kappa shape index (κ1) is 32.7. The lowest BCUT2D eigenvalue weighted by Gasteiger charge is -2.37. The molecular weight excluding hydrogens is 536 g/mol. The molecule has 4 unspecified atom stereocenters. The van der Waals surface area contributed by atoms with E-state index in [1.54, 1.807) is 12.1 Å². The first-order valence-corrected chi connectivity index (χ1v) is 16.5. The van der Waals surface area contributed by atoms with Crippen LogP contribution in [-0.2, 0) is 16.0 Å². The third-order valence-electron chi connectivity index (χ3n) is 9.14. The van der Waals surface area contributed by atoms with Gasteiger partial charge in [0.25, 0.3) is 0 Å². The molecule has 0 aliphatic heterocycles. The number of rotatable bonds is 13. The standard InChI is InChI=1S/C36H52N4O3/c1-6-26-12-10-15-29-31(20-18-26)39-36(30-14-8-9-16-32(30)41)40-35(29)37-21-11-13-27(7-2)38-34(42)23-43-33-22-25(5)17-19-28(33)24(3)4/h8-10,14-16,18,24-25,27-28,33,41H,6-7,11-13,17,19-23H2,1-5H3,(H,38,42)(H,37,39,40)/b15-10?,26-18-. The molecule has 0 bridgehead atoms. The summed E-state index contributed by atoms with van der Waals surface area (Å²) >= 11 is 0. The fourth-order valence-corrected chi connectivity index (χ4v) is 6.40. The predicted octanol–water partition coefficient (Wildman–Crippen LogP) is 7.71. The predicted molar refractivity (Wildman–Crippen MR) is 176 cm³/mol. The van der Waals surface area contributed by atoms with E-state index in [0.717, 1.165) is 62.0 Å². The van der Waals surface area contributed by atoms with Crippen LogP contribution >= 0.6 is 0 Å². The SMILES string of the molecule is CC/C1=C/Cc2nc(-c3ccccc3O)nc(NCCCC(CC)NC(=O)COC3CC(C)CCC3C(C)C)c2C=CC1. The second-order valence-corrected chi connectivity index (χ2v) is 12.7. The number of aromatic hydroxyl groups is 1. The fourth-order valence-electron chi connectivity index (χ4n) is 6.40. The lowest BCUT2D eigenvalue weighted by atomic mass is 9.75. The topological polar surface area (TPSA) is 96.4 Å². The number of nitrogens with one attached hydrogen (secondary N) is 2. The second-order valence-electron chi connectivity index (χ2n) is 12.7. The molecule has 2 aliphatic carbocycles. The molecule has 1 aromatic heterocycles. The van der Waals surface area contributed by atoms with Gasteiger partial charge in [-0.1, -0.05) is 77.0 Å². The third kappa shape index (κ3) is 9.15. The van der Waals surface area contributed by atoms with E-state index in [-0.39, 0.29) is 30.4 Å². The van der Waals surface area contributed by atoms with Gasteiger partial charge in [-0.25, -0.2) is 9.97 Å². The Morgan fingerprint density at radius 3 is 2.70 bits per heavy atom. The Balaban J connectivity index is 1.36.